The normalized spacial score (nSPS) is 10.7. The third-order valence-electron chi connectivity index (χ3n) is 4.55. The van der Waals surface area contributed by atoms with Gasteiger partial charge in [0.1, 0.15) is 0 Å². The molecule has 0 aliphatic heterocycles. The maximum absolute atomic E-state index is 12.5. The lowest BCUT2D eigenvalue weighted by Gasteiger charge is -2.11. The minimum atomic E-state index is -0.129. The SMILES string of the molecule is CCn1c(SCC(=O)Nc2c(C)cccc2C)nnc1-c1cccc(NC(C)=O)c1. The second kappa shape index (κ2) is 9.58. The third kappa shape index (κ3) is 5.07. The topological polar surface area (TPSA) is 88.9 Å². The van der Waals surface area contributed by atoms with Crippen LogP contribution in [0.15, 0.2) is 47.6 Å². The summed E-state index contributed by atoms with van der Waals surface area (Å²) in [5.41, 5.74) is 4.48. The first-order valence-corrected chi connectivity index (χ1v) is 10.7. The van der Waals surface area contributed by atoms with Crippen LogP contribution in [0.2, 0.25) is 0 Å². The number of aromatic nitrogens is 3. The van der Waals surface area contributed by atoms with Crippen molar-refractivity contribution in [3.8, 4) is 11.4 Å². The molecule has 0 bridgehead atoms. The molecule has 8 heteroatoms. The number of anilines is 2. The summed E-state index contributed by atoms with van der Waals surface area (Å²) in [6.07, 6.45) is 0. The number of hydrogen-bond donors (Lipinski definition) is 2. The van der Waals surface area contributed by atoms with Gasteiger partial charge >= 0.3 is 0 Å². The van der Waals surface area contributed by atoms with Crippen LogP contribution in [0.25, 0.3) is 11.4 Å². The molecule has 0 fully saturated rings. The van der Waals surface area contributed by atoms with Crippen LogP contribution in [0.4, 0.5) is 11.4 Å². The number of nitrogens with zero attached hydrogens (tertiary/aromatic N) is 3. The molecule has 0 unspecified atom stereocenters. The zero-order valence-electron chi connectivity index (χ0n) is 17.5. The molecular weight excluding hydrogens is 398 g/mol. The molecule has 2 N–H and O–H groups in total. The molecule has 7 nitrogen and oxygen atoms in total. The largest absolute Gasteiger partial charge is 0.326 e. The lowest BCUT2D eigenvalue weighted by Crippen LogP contribution is -2.16. The minimum absolute atomic E-state index is 0.0859. The molecule has 0 spiro atoms. The Labute approximate surface area is 180 Å². The third-order valence-corrected chi connectivity index (χ3v) is 5.52. The first kappa shape index (κ1) is 21.6. The summed E-state index contributed by atoms with van der Waals surface area (Å²) in [6, 6.07) is 13.4. The van der Waals surface area contributed by atoms with Crippen LogP contribution < -0.4 is 10.6 Å². The molecule has 156 valence electrons. The summed E-state index contributed by atoms with van der Waals surface area (Å²) >= 11 is 1.35. The van der Waals surface area contributed by atoms with E-state index in [1.165, 1.54) is 18.7 Å². The van der Waals surface area contributed by atoms with E-state index in [1.807, 2.05) is 67.8 Å². The second-order valence-electron chi connectivity index (χ2n) is 6.92. The predicted octanol–water partition coefficient (Wildman–Crippen LogP) is 4.27. The van der Waals surface area contributed by atoms with Gasteiger partial charge in [-0.1, -0.05) is 42.1 Å². The Balaban J connectivity index is 1.73. The van der Waals surface area contributed by atoms with Gasteiger partial charge in [-0.2, -0.15) is 0 Å². The molecule has 3 rings (SSSR count). The highest BCUT2D eigenvalue weighted by Crippen LogP contribution is 2.26. The van der Waals surface area contributed by atoms with Gasteiger partial charge < -0.3 is 15.2 Å². The van der Waals surface area contributed by atoms with Crippen LogP contribution in [-0.2, 0) is 16.1 Å². The van der Waals surface area contributed by atoms with Crippen molar-refractivity contribution in [2.75, 3.05) is 16.4 Å². The number of thioether (sulfide) groups is 1. The number of amides is 2. The Bertz CT molecular complexity index is 1060. The van der Waals surface area contributed by atoms with Gasteiger partial charge in [0.25, 0.3) is 0 Å². The number of carbonyl (C=O) groups excluding carboxylic acids is 2. The Hall–Kier alpha value is -3.13. The fourth-order valence-electron chi connectivity index (χ4n) is 3.15. The van der Waals surface area contributed by atoms with E-state index in [-0.39, 0.29) is 17.6 Å². The van der Waals surface area contributed by atoms with Gasteiger partial charge in [0.2, 0.25) is 11.8 Å². The Kier molecular flexibility index (Phi) is 6.89. The summed E-state index contributed by atoms with van der Waals surface area (Å²) in [5.74, 6) is 0.715. The Morgan fingerprint density at radius 2 is 1.73 bits per heavy atom. The molecule has 30 heavy (non-hydrogen) atoms. The monoisotopic (exact) mass is 423 g/mol. The van der Waals surface area contributed by atoms with Gasteiger partial charge in [-0.15, -0.1) is 10.2 Å². The van der Waals surface area contributed by atoms with E-state index in [0.717, 1.165) is 22.4 Å². The summed E-state index contributed by atoms with van der Waals surface area (Å²) in [7, 11) is 0. The molecule has 0 atom stereocenters. The number of rotatable bonds is 7. The molecule has 1 aromatic heterocycles. The van der Waals surface area contributed by atoms with Gasteiger partial charge in [-0.05, 0) is 44.0 Å². The zero-order valence-corrected chi connectivity index (χ0v) is 18.3. The summed E-state index contributed by atoms with van der Waals surface area (Å²) in [6.45, 7) is 8.09. The molecule has 0 aliphatic carbocycles. The average Bonchev–Trinajstić information content (AvgIpc) is 3.12. The first-order chi connectivity index (χ1) is 14.4. The quantitative estimate of drug-likeness (QED) is 0.554. The highest BCUT2D eigenvalue weighted by atomic mass is 32.2. The van der Waals surface area contributed by atoms with Crippen LogP contribution in [0.1, 0.15) is 25.0 Å². The molecule has 0 radical (unpaired) electrons. The van der Waals surface area contributed by atoms with Gasteiger partial charge in [0.15, 0.2) is 11.0 Å². The van der Waals surface area contributed by atoms with Crippen molar-refractivity contribution in [3.63, 3.8) is 0 Å². The molecule has 0 saturated carbocycles. The van der Waals surface area contributed by atoms with Crippen molar-refractivity contribution < 1.29 is 9.59 Å². The van der Waals surface area contributed by atoms with Gasteiger partial charge in [0.05, 0.1) is 5.75 Å². The summed E-state index contributed by atoms with van der Waals surface area (Å²) in [4.78, 5) is 23.8. The fourth-order valence-corrected chi connectivity index (χ4v) is 3.95. The minimum Gasteiger partial charge on any atom is -0.326 e. The van der Waals surface area contributed by atoms with Crippen LogP contribution >= 0.6 is 11.8 Å². The molecule has 0 saturated heterocycles. The smallest absolute Gasteiger partial charge is 0.234 e. The van der Waals surface area contributed by atoms with Gasteiger partial charge in [0, 0.05) is 30.4 Å². The van der Waals surface area contributed by atoms with Crippen molar-refractivity contribution in [2.24, 2.45) is 0 Å². The van der Waals surface area contributed by atoms with Crippen LogP contribution in [0.5, 0.6) is 0 Å². The van der Waals surface area contributed by atoms with E-state index in [0.29, 0.717) is 23.2 Å². The molecule has 1 heterocycles. The zero-order chi connectivity index (χ0) is 21.7. The van der Waals surface area contributed by atoms with Crippen LogP contribution in [0, 0.1) is 13.8 Å². The van der Waals surface area contributed by atoms with Crippen molar-refractivity contribution in [1.82, 2.24) is 14.8 Å². The fraction of sp³-hybridized carbons (Fsp3) is 0.273. The highest BCUT2D eigenvalue weighted by Gasteiger charge is 2.16. The number of para-hydroxylation sites is 1. The molecule has 2 aromatic carbocycles. The lowest BCUT2D eigenvalue weighted by atomic mass is 10.1. The molecular formula is C22H25N5O2S. The predicted molar refractivity (Wildman–Crippen MR) is 121 cm³/mol. The maximum Gasteiger partial charge on any atom is 0.234 e. The number of nitrogens with one attached hydrogen (secondary N) is 2. The lowest BCUT2D eigenvalue weighted by molar-refractivity contribution is -0.114. The maximum atomic E-state index is 12.5. The van der Waals surface area contributed by atoms with Crippen molar-refractivity contribution >= 4 is 35.0 Å². The van der Waals surface area contributed by atoms with E-state index >= 15 is 0 Å². The second-order valence-corrected chi connectivity index (χ2v) is 7.86. The molecule has 2 amide bonds. The average molecular weight is 424 g/mol. The van der Waals surface area contributed by atoms with E-state index < -0.39 is 0 Å². The van der Waals surface area contributed by atoms with Crippen molar-refractivity contribution in [2.45, 2.75) is 39.4 Å². The van der Waals surface area contributed by atoms with E-state index in [1.54, 1.807) is 0 Å². The standard InChI is InChI=1S/C22H25N5O2S/c1-5-27-21(17-10-7-11-18(12-17)23-16(4)28)25-26-22(27)30-13-19(29)24-20-14(2)8-6-9-15(20)3/h6-12H,5,13H2,1-4H3,(H,23,28)(H,24,29). The number of benzene rings is 2. The first-order valence-electron chi connectivity index (χ1n) is 9.69. The number of aryl methyl sites for hydroxylation is 2. The van der Waals surface area contributed by atoms with Gasteiger partial charge in [-0.3, -0.25) is 9.59 Å². The summed E-state index contributed by atoms with van der Waals surface area (Å²) < 4.78 is 1.96. The number of carbonyl (C=O) groups is 2. The van der Waals surface area contributed by atoms with Crippen LogP contribution in [0.3, 0.4) is 0 Å². The van der Waals surface area contributed by atoms with Crippen molar-refractivity contribution in [3.05, 3.63) is 53.6 Å². The van der Waals surface area contributed by atoms with E-state index in [9.17, 15) is 9.59 Å². The van der Waals surface area contributed by atoms with Gasteiger partial charge in [-0.25, -0.2) is 0 Å². The van der Waals surface area contributed by atoms with Crippen LogP contribution in [-0.4, -0.2) is 32.3 Å². The summed E-state index contributed by atoms with van der Waals surface area (Å²) in [5, 5.41) is 15.0. The Morgan fingerprint density at radius 1 is 1.03 bits per heavy atom. The molecule has 0 aliphatic rings. The molecule has 3 aromatic rings. The van der Waals surface area contributed by atoms with E-state index in [4.69, 9.17) is 0 Å². The van der Waals surface area contributed by atoms with Crippen molar-refractivity contribution in [1.29, 1.82) is 0 Å². The van der Waals surface area contributed by atoms with E-state index in [2.05, 4.69) is 20.8 Å². The Morgan fingerprint density at radius 3 is 2.40 bits per heavy atom. The number of hydrogen-bond acceptors (Lipinski definition) is 5. The highest BCUT2D eigenvalue weighted by molar-refractivity contribution is 7.99.